The number of benzene rings is 2. The summed E-state index contributed by atoms with van der Waals surface area (Å²) in [5, 5.41) is 4.17. The fourth-order valence-corrected chi connectivity index (χ4v) is 3.66. The maximum Gasteiger partial charge on any atom is 0.231 e. The normalized spacial score (nSPS) is 13.7. The minimum atomic E-state index is -0.112. The summed E-state index contributed by atoms with van der Waals surface area (Å²) in [5.74, 6) is 1.42. The number of ether oxygens (including phenoxy) is 2. The molecule has 0 saturated heterocycles. The van der Waals surface area contributed by atoms with Crippen LogP contribution >= 0.6 is 0 Å². The van der Waals surface area contributed by atoms with Crippen molar-refractivity contribution in [2.75, 3.05) is 13.3 Å². The number of aromatic amines is 1. The number of nitrogens with one attached hydrogen (secondary N) is 2. The number of hydrogen-bond acceptors (Lipinski definition) is 3. The van der Waals surface area contributed by atoms with Gasteiger partial charge in [-0.2, -0.15) is 0 Å². The largest absolute Gasteiger partial charge is 0.454 e. The molecule has 2 heterocycles. The number of para-hydroxylation sites is 2. The molecule has 140 valence electrons. The molecule has 27 heavy (non-hydrogen) atoms. The van der Waals surface area contributed by atoms with E-state index in [1.54, 1.807) is 0 Å². The SMILES string of the molecule is CCCCNC(=O)C[C@@H](c1cccc2c1OCO2)c1c[nH]c2ccccc12. The Labute approximate surface area is 158 Å². The Balaban J connectivity index is 1.72. The molecule has 0 unspecified atom stereocenters. The van der Waals surface area contributed by atoms with Crippen LogP contribution < -0.4 is 14.8 Å². The number of carbonyl (C=O) groups excluding carboxylic acids is 1. The lowest BCUT2D eigenvalue weighted by molar-refractivity contribution is -0.121. The molecule has 5 nitrogen and oxygen atoms in total. The molecule has 0 bridgehead atoms. The number of unbranched alkanes of at least 4 members (excludes halogenated alkanes) is 1. The molecule has 0 spiro atoms. The fraction of sp³-hybridized carbons (Fsp3) is 0.318. The number of H-pyrrole nitrogens is 1. The maximum atomic E-state index is 12.6. The van der Waals surface area contributed by atoms with Crippen molar-refractivity contribution in [3.63, 3.8) is 0 Å². The van der Waals surface area contributed by atoms with Crippen molar-refractivity contribution in [3.8, 4) is 11.5 Å². The van der Waals surface area contributed by atoms with Crippen LogP contribution in [0.3, 0.4) is 0 Å². The number of carbonyl (C=O) groups is 1. The zero-order chi connectivity index (χ0) is 18.6. The molecule has 1 aliphatic rings. The molecule has 0 fully saturated rings. The average molecular weight is 364 g/mol. The minimum Gasteiger partial charge on any atom is -0.454 e. The smallest absolute Gasteiger partial charge is 0.231 e. The van der Waals surface area contributed by atoms with Gasteiger partial charge in [0.05, 0.1) is 0 Å². The minimum absolute atomic E-state index is 0.0512. The highest BCUT2D eigenvalue weighted by Gasteiger charge is 2.28. The summed E-state index contributed by atoms with van der Waals surface area (Å²) >= 11 is 0. The van der Waals surface area contributed by atoms with Crippen molar-refractivity contribution in [2.45, 2.75) is 32.1 Å². The van der Waals surface area contributed by atoms with Crippen LogP contribution in [-0.2, 0) is 4.79 Å². The van der Waals surface area contributed by atoms with Crippen molar-refractivity contribution < 1.29 is 14.3 Å². The van der Waals surface area contributed by atoms with Gasteiger partial charge in [-0.1, -0.05) is 43.7 Å². The van der Waals surface area contributed by atoms with Crippen molar-refractivity contribution in [2.24, 2.45) is 0 Å². The predicted octanol–water partition coefficient (Wildman–Crippen LogP) is 4.33. The van der Waals surface area contributed by atoms with Crippen molar-refractivity contribution in [1.29, 1.82) is 0 Å². The molecular formula is C22H24N2O3. The van der Waals surface area contributed by atoms with Crippen molar-refractivity contribution in [1.82, 2.24) is 10.3 Å². The van der Waals surface area contributed by atoms with E-state index in [0.717, 1.165) is 46.4 Å². The maximum absolute atomic E-state index is 12.6. The molecule has 1 amide bonds. The van der Waals surface area contributed by atoms with Gasteiger partial charge in [0.15, 0.2) is 11.5 Å². The van der Waals surface area contributed by atoms with Crippen LogP contribution in [0.4, 0.5) is 0 Å². The van der Waals surface area contributed by atoms with Crippen LogP contribution in [-0.4, -0.2) is 24.2 Å². The lowest BCUT2D eigenvalue weighted by Crippen LogP contribution is -2.26. The molecule has 2 N–H and O–H groups in total. The second-order valence-electron chi connectivity index (χ2n) is 6.83. The van der Waals surface area contributed by atoms with Gasteiger partial charge in [-0.15, -0.1) is 0 Å². The van der Waals surface area contributed by atoms with Crippen LogP contribution in [0.1, 0.15) is 43.2 Å². The van der Waals surface area contributed by atoms with E-state index in [2.05, 4.69) is 23.3 Å². The quantitative estimate of drug-likeness (QED) is 0.613. The second-order valence-corrected chi connectivity index (χ2v) is 6.83. The fourth-order valence-electron chi connectivity index (χ4n) is 3.66. The van der Waals surface area contributed by atoms with Gasteiger partial charge in [-0.25, -0.2) is 0 Å². The summed E-state index contributed by atoms with van der Waals surface area (Å²) in [6, 6.07) is 14.0. The van der Waals surface area contributed by atoms with Crippen LogP contribution in [0.15, 0.2) is 48.7 Å². The van der Waals surface area contributed by atoms with E-state index in [9.17, 15) is 4.79 Å². The predicted molar refractivity (Wildman–Crippen MR) is 105 cm³/mol. The van der Waals surface area contributed by atoms with E-state index in [0.29, 0.717) is 13.0 Å². The van der Waals surface area contributed by atoms with Gasteiger partial charge in [0.25, 0.3) is 0 Å². The highest BCUT2D eigenvalue weighted by molar-refractivity contribution is 5.86. The molecule has 2 aromatic carbocycles. The van der Waals surface area contributed by atoms with Crippen LogP contribution in [0.2, 0.25) is 0 Å². The first-order valence-corrected chi connectivity index (χ1v) is 9.49. The van der Waals surface area contributed by atoms with Gasteiger partial charge in [0.2, 0.25) is 12.7 Å². The third kappa shape index (κ3) is 3.50. The number of rotatable bonds is 7. The van der Waals surface area contributed by atoms with E-state index in [1.807, 2.05) is 42.6 Å². The zero-order valence-electron chi connectivity index (χ0n) is 15.5. The molecule has 4 rings (SSSR count). The summed E-state index contributed by atoms with van der Waals surface area (Å²) in [6.07, 6.45) is 4.42. The summed E-state index contributed by atoms with van der Waals surface area (Å²) < 4.78 is 11.3. The zero-order valence-corrected chi connectivity index (χ0v) is 15.5. The van der Waals surface area contributed by atoms with E-state index in [4.69, 9.17) is 9.47 Å². The molecule has 3 aromatic rings. The number of fused-ring (bicyclic) bond motifs is 2. The molecular weight excluding hydrogens is 340 g/mol. The second kappa shape index (κ2) is 7.74. The lowest BCUT2D eigenvalue weighted by atomic mass is 9.87. The van der Waals surface area contributed by atoms with Gasteiger partial charge >= 0.3 is 0 Å². The third-order valence-corrected chi connectivity index (χ3v) is 5.04. The summed E-state index contributed by atoms with van der Waals surface area (Å²) in [7, 11) is 0. The molecule has 0 aliphatic carbocycles. The molecule has 0 saturated carbocycles. The number of amides is 1. The first-order chi connectivity index (χ1) is 13.3. The Kier molecular flexibility index (Phi) is 5.01. The van der Waals surface area contributed by atoms with Gasteiger partial charge < -0.3 is 19.8 Å². The Morgan fingerprint density at radius 2 is 2.04 bits per heavy atom. The summed E-state index contributed by atoms with van der Waals surface area (Å²) in [4.78, 5) is 16.0. The third-order valence-electron chi connectivity index (χ3n) is 5.04. The highest BCUT2D eigenvalue weighted by Crippen LogP contribution is 2.43. The number of hydrogen-bond donors (Lipinski definition) is 2. The standard InChI is InChI=1S/C22H24N2O3/c1-2-3-11-23-21(25)12-17(16-8-6-10-20-22(16)27-14-26-20)18-13-24-19-9-5-4-7-15(18)19/h4-10,13,17,24H,2-3,11-12,14H2,1H3,(H,23,25)/t17-/m0/s1. The van der Waals surface area contributed by atoms with Crippen molar-refractivity contribution in [3.05, 3.63) is 59.8 Å². The Bertz CT molecular complexity index is 948. The van der Waals surface area contributed by atoms with Crippen LogP contribution in [0, 0.1) is 0 Å². The van der Waals surface area contributed by atoms with Gasteiger partial charge in [0.1, 0.15) is 0 Å². The van der Waals surface area contributed by atoms with E-state index >= 15 is 0 Å². The summed E-state index contributed by atoms with van der Waals surface area (Å²) in [6.45, 7) is 3.05. The van der Waals surface area contributed by atoms with Gasteiger partial charge in [-0.05, 0) is 24.1 Å². The van der Waals surface area contributed by atoms with Gasteiger partial charge in [0, 0.05) is 41.5 Å². The van der Waals surface area contributed by atoms with E-state index < -0.39 is 0 Å². The monoisotopic (exact) mass is 364 g/mol. The Morgan fingerprint density at radius 3 is 2.93 bits per heavy atom. The van der Waals surface area contributed by atoms with E-state index in [1.165, 1.54) is 0 Å². The average Bonchev–Trinajstić information content (AvgIpc) is 3.33. The van der Waals surface area contributed by atoms with Crippen LogP contribution in [0.25, 0.3) is 10.9 Å². The first kappa shape index (κ1) is 17.5. The van der Waals surface area contributed by atoms with E-state index in [-0.39, 0.29) is 18.6 Å². The van der Waals surface area contributed by atoms with Gasteiger partial charge in [-0.3, -0.25) is 4.79 Å². The molecule has 1 aliphatic heterocycles. The highest BCUT2D eigenvalue weighted by atomic mass is 16.7. The topological polar surface area (TPSA) is 63.4 Å². The van der Waals surface area contributed by atoms with Crippen molar-refractivity contribution >= 4 is 16.8 Å². The molecule has 5 heteroatoms. The molecule has 1 atom stereocenters. The lowest BCUT2D eigenvalue weighted by Gasteiger charge is -2.19. The molecule has 1 aromatic heterocycles. The Hall–Kier alpha value is -2.95. The molecule has 0 radical (unpaired) electrons. The number of aromatic nitrogens is 1. The first-order valence-electron chi connectivity index (χ1n) is 9.49. The Morgan fingerprint density at radius 1 is 1.15 bits per heavy atom. The van der Waals surface area contributed by atoms with Crippen LogP contribution in [0.5, 0.6) is 11.5 Å². The summed E-state index contributed by atoms with van der Waals surface area (Å²) in [5.41, 5.74) is 3.15.